The van der Waals surface area contributed by atoms with Crippen LogP contribution in [0, 0.1) is 23.4 Å². The maximum Gasteiger partial charge on any atom is 0.246 e. The van der Waals surface area contributed by atoms with Crippen LogP contribution in [0.15, 0.2) is 47.4 Å². The molecule has 2 unspecified atom stereocenters. The van der Waals surface area contributed by atoms with Crippen LogP contribution in [0.2, 0.25) is 0 Å². The molecule has 3 rings (SSSR count). The maximum atomic E-state index is 14.1. The van der Waals surface area contributed by atoms with Crippen molar-refractivity contribution in [2.75, 3.05) is 26.2 Å². The lowest BCUT2D eigenvalue weighted by atomic mass is 9.84. The van der Waals surface area contributed by atoms with Gasteiger partial charge >= 0.3 is 0 Å². The SMILES string of the molecule is CCC(C)C(C(=O)N1CCN(S(=O)(=O)c2ccc(F)c(F)c2F)CC1)c1ccccc1. The van der Waals surface area contributed by atoms with E-state index in [1.807, 2.05) is 44.2 Å². The van der Waals surface area contributed by atoms with Crippen LogP contribution in [0.5, 0.6) is 0 Å². The number of nitrogens with zero attached hydrogens (tertiary/aromatic N) is 2. The number of halogens is 3. The Bertz CT molecular complexity index is 1040. The summed E-state index contributed by atoms with van der Waals surface area (Å²) in [6.45, 7) is 4.15. The van der Waals surface area contributed by atoms with E-state index < -0.39 is 32.4 Å². The topological polar surface area (TPSA) is 57.7 Å². The van der Waals surface area contributed by atoms with E-state index in [2.05, 4.69) is 0 Å². The monoisotopic (exact) mass is 454 g/mol. The molecule has 0 spiro atoms. The molecule has 1 saturated heterocycles. The van der Waals surface area contributed by atoms with Gasteiger partial charge in [0.05, 0.1) is 5.92 Å². The van der Waals surface area contributed by atoms with Crippen molar-refractivity contribution in [1.29, 1.82) is 0 Å². The molecule has 1 amide bonds. The summed E-state index contributed by atoms with van der Waals surface area (Å²) < 4.78 is 67.3. The molecule has 0 radical (unpaired) electrons. The van der Waals surface area contributed by atoms with Gasteiger partial charge in [0.2, 0.25) is 15.9 Å². The van der Waals surface area contributed by atoms with Gasteiger partial charge in [-0.2, -0.15) is 4.31 Å². The Hall–Kier alpha value is -2.39. The Morgan fingerprint density at radius 2 is 1.58 bits per heavy atom. The molecule has 5 nitrogen and oxygen atoms in total. The molecule has 1 heterocycles. The number of hydrogen-bond acceptors (Lipinski definition) is 3. The summed E-state index contributed by atoms with van der Waals surface area (Å²) >= 11 is 0. The number of amides is 1. The number of piperazine rings is 1. The fraction of sp³-hybridized carbons (Fsp3) is 0.409. The lowest BCUT2D eigenvalue weighted by molar-refractivity contribution is -0.135. The molecule has 168 valence electrons. The summed E-state index contributed by atoms with van der Waals surface area (Å²) in [5.74, 6) is -5.36. The largest absolute Gasteiger partial charge is 0.340 e. The van der Waals surface area contributed by atoms with E-state index in [0.717, 1.165) is 22.4 Å². The Morgan fingerprint density at radius 3 is 2.16 bits per heavy atom. The highest BCUT2D eigenvalue weighted by Crippen LogP contribution is 2.30. The van der Waals surface area contributed by atoms with E-state index in [1.54, 1.807) is 4.90 Å². The normalized spacial score (nSPS) is 17.4. The van der Waals surface area contributed by atoms with Gasteiger partial charge < -0.3 is 4.90 Å². The van der Waals surface area contributed by atoms with Gasteiger partial charge in [0, 0.05) is 26.2 Å². The first-order chi connectivity index (χ1) is 14.7. The number of hydrogen-bond donors (Lipinski definition) is 0. The molecule has 0 bridgehead atoms. The predicted octanol–water partition coefficient (Wildman–Crippen LogP) is 3.77. The Kier molecular flexibility index (Phi) is 7.06. The lowest BCUT2D eigenvalue weighted by Crippen LogP contribution is -2.52. The van der Waals surface area contributed by atoms with Gasteiger partial charge in [-0.05, 0) is 23.6 Å². The molecule has 1 aliphatic heterocycles. The quantitative estimate of drug-likeness (QED) is 0.625. The van der Waals surface area contributed by atoms with Gasteiger partial charge in [-0.1, -0.05) is 50.6 Å². The zero-order valence-electron chi connectivity index (χ0n) is 17.4. The van der Waals surface area contributed by atoms with E-state index in [0.29, 0.717) is 6.07 Å². The second-order valence-corrected chi connectivity index (χ2v) is 9.58. The second kappa shape index (κ2) is 9.40. The zero-order chi connectivity index (χ0) is 22.8. The summed E-state index contributed by atoms with van der Waals surface area (Å²) in [6.07, 6.45) is 0.801. The summed E-state index contributed by atoms with van der Waals surface area (Å²) in [5, 5.41) is 0. The summed E-state index contributed by atoms with van der Waals surface area (Å²) in [6, 6.07) is 10.7. The van der Waals surface area contributed by atoms with E-state index in [4.69, 9.17) is 0 Å². The van der Waals surface area contributed by atoms with Gasteiger partial charge in [0.25, 0.3) is 0 Å². The molecule has 1 fully saturated rings. The van der Waals surface area contributed by atoms with Crippen molar-refractivity contribution >= 4 is 15.9 Å². The van der Waals surface area contributed by atoms with Gasteiger partial charge in [-0.25, -0.2) is 21.6 Å². The van der Waals surface area contributed by atoms with Crippen LogP contribution in [0.1, 0.15) is 31.7 Å². The van der Waals surface area contributed by atoms with Crippen molar-refractivity contribution < 1.29 is 26.4 Å². The third-order valence-corrected chi connectivity index (χ3v) is 7.72. The van der Waals surface area contributed by atoms with E-state index in [1.165, 1.54) is 0 Å². The summed E-state index contributed by atoms with van der Waals surface area (Å²) in [5.41, 5.74) is 0.903. The molecule has 1 aliphatic rings. The summed E-state index contributed by atoms with van der Waals surface area (Å²) in [7, 11) is -4.36. The van der Waals surface area contributed by atoms with Gasteiger partial charge in [-0.3, -0.25) is 4.79 Å². The number of carbonyl (C=O) groups is 1. The highest BCUT2D eigenvalue weighted by atomic mass is 32.2. The van der Waals surface area contributed by atoms with E-state index in [-0.39, 0.29) is 43.9 Å². The Labute approximate surface area is 180 Å². The molecule has 0 N–H and O–H groups in total. The number of benzene rings is 2. The lowest BCUT2D eigenvalue weighted by Gasteiger charge is -2.37. The summed E-state index contributed by atoms with van der Waals surface area (Å²) in [4.78, 5) is 14.0. The van der Waals surface area contributed by atoms with Crippen molar-refractivity contribution in [2.45, 2.75) is 31.1 Å². The Balaban J connectivity index is 1.76. The maximum absolute atomic E-state index is 14.1. The van der Waals surface area contributed by atoms with Crippen LogP contribution >= 0.6 is 0 Å². The highest BCUT2D eigenvalue weighted by Gasteiger charge is 2.36. The van der Waals surface area contributed by atoms with Crippen LogP contribution in [-0.4, -0.2) is 49.7 Å². The van der Waals surface area contributed by atoms with Gasteiger partial charge in [0.15, 0.2) is 17.5 Å². The highest BCUT2D eigenvalue weighted by molar-refractivity contribution is 7.89. The van der Waals surface area contributed by atoms with Crippen molar-refractivity contribution in [3.8, 4) is 0 Å². The first-order valence-corrected chi connectivity index (χ1v) is 11.6. The van der Waals surface area contributed by atoms with Crippen LogP contribution < -0.4 is 0 Å². The minimum Gasteiger partial charge on any atom is -0.340 e. The standard InChI is InChI=1S/C22H25F3N2O3S/c1-3-15(2)19(16-7-5-4-6-8-16)22(28)26-11-13-27(14-12-26)31(29,30)18-10-9-17(23)20(24)21(18)25/h4-10,15,19H,3,11-14H2,1-2H3. The smallest absolute Gasteiger partial charge is 0.246 e. The van der Waals surface area contributed by atoms with Crippen molar-refractivity contribution in [1.82, 2.24) is 9.21 Å². The molecular weight excluding hydrogens is 429 g/mol. The molecule has 31 heavy (non-hydrogen) atoms. The zero-order valence-corrected chi connectivity index (χ0v) is 18.2. The van der Waals surface area contributed by atoms with Crippen LogP contribution in [-0.2, 0) is 14.8 Å². The average molecular weight is 455 g/mol. The third-order valence-electron chi connectivity index (χ3n) is 5.81. The van der Waals surface area contributed by atoms with Gasteiger partial charge in [-0.15, -0.1) is 0 Å². The molecule has 9 heteroatoms. The number of sulfonamides is 1. The first kappa shape index (κ1) is 23.3. The van der Waals surface area contributed by atoms with Crippen LogP contribution in [0.25, 0.3) is 0 Å². The van der Waals surface area contributed by atoms with Crippen molar-refractivity contribution in [3.05, 3.63) is 65.5 Å². The average Bonchev–Trinajstić information content (AvgIpc) is 2.78. The predicted molar refractivity (Wildman–Crippen MR) is 110 cm³/mol. The molecule has 0 saturated carbocycles. The fourth-order valence-corrected chi connectivity index (χ4v) is 5.28. The van der Waals surface area contributed by atoms with Crippen molar-refractivity contribution in [3.63, 3.8) is 0 Å². The van der Waals surface area contributed by atoms with Crippen LogP contribution in [0.3, 0.4) is 0 Å². The molecule has 0 aliphatic carbocycles. The third kappa shape index (κ3) is 4.62. The second-order valence-electron chi connectivity index (χ2n) is 7.68. The fourth-order valence-electron chi connectivity index (χ4n) is 3.80. The van der Waals surface area contributed by atoms with E-state index in [9.17, 15) is 26.4 Å². The van der Waals surface area contributed by atoms with Crippen LogP contribution in [0.4, 0.5) is 13.2 Å². The molecule has 2 atom stereocenters. The van der Waals surface area contributed by atoms with Crippen molar-refractivity contribution in [2.24, 2.45) is 5.92 Å². The minimum atomic E-state index is -4.36. The molecule has 0 aromatic heterocycles. The minimum absolute atomic E-state index is 0.0610. The van der Waals surface area contributed by atoms with E-state index >= 15 is 0 Å². The molecular formula is C22H25F3N2O3S. The molecule has 2 aromatic carbocycles. The number of rotatable bonds is 6. The first-order valence-electron chi connectivity index (χ1n) is 10.2. The molecule has 2 aromatic rings. The number of carbonyl (C=O) groups excluding carboxylic acids is 1. The van der Waals surface area contributed by atoms with Gasteiger partial charge in [0.1, 0.15) is 4.90 Å². The Morgan fingerprint density at radius 1 is 0.968 bits per heavy atom.